The minimum Gasteiger partial charge on any atom is -0.462 e. The number of anilines is 1. The van der Waals surface area contributed by atoms with Crippen LogP contribution in [0.15, 0.2) is 59.8 Å². The van der Waals surface area contributed by atoms with Gasteiger partial charge in [0.15, 0.2) is 11.0 Å². The molecule has 1 N–H and O–H groups in total. The number of hydrogen-bond acceptors (Lipinski definition) is 6. The average molecular weight is 425 g/mol. The van der Waals surface area contributed by atoms with Crippen molar-refractivity contribution in [3.05, 3.63) is 60.2 Å². The van der Waals surface area contributed by atoms with Crippen molar-refractivity contribution in [3.63, 3.8) is 0 Å². The molecule has 0 aliphatic heterocycles. The highest BCUT2D eigenvalue weighted by atomic mass is 32.2. The molecule has 1 heterocycles. The molecule has 0 aliphatic rings. The van der Waals surface area contributed by atoms with Gasteiger partial charge in [-0.1, -0.05) is 55.1 Å². The van der Waals surface area contributed by atoms with Gasteiger partial charge in [-0.05, 0) is 31.5 Å². The first-order chi connectivity index (χ1) is 14.6. The van der Waals surface area contributed by atoms with Gasteiger partial charge in [-0.3, -0.25) is 4.79 Å². The van der Waals surface area contributed by atoms with E-state index in [1.165, 1.54) is 11.8 Å². The van der Waals surface area contributed by atoms with Crippen LogP contribution in [0, 0.1) is 0 Å². The molecule has 8 heteroatoms. The molecule has 0 saturated heterocycles. The Labute approximate surface area is 179 Å². The third-order valence-electron chi connectivity index (χ3n) is 4.22. The van der Waals surface area contributed by atoms with E-state index >= 15 is 0 Å². The van der Waals surface area contributed by atoms with E-state index < -0.39 is 5.97 Å². The van der Waals surface area contributed by atoms with E-state index in [0.29, 0.717) is 29.6 Å². The summed E-state index contributed by atoms with van der Waals surface area (Å²) < 4.78 is 7.12. The molecule has 0 aliphatic carbocycles. The molecule has 3 rings (SSSR count). The fourth-order valence-electron chi connectivity index (χ4n) is 2.81. The van der Waals surface area contributed by atoms with Crippen molar-refractivity contribution in [2.24, 2.45) is 0 Å². The standard InChI is InChI=1S/C22H24N4O3S/c1-3-13-29-21(28)17-11-8-12-18(14-17)23-19(27)15-30-22-25-24-20(26(22)4-2)16-9-6-5-7-10-16/h5-12,14H,3-4,13,15H2,1-2H3,(H,23,27). The number of nitrogens with zero attached hydrogens (tertiary/aromatic N) is 3. The molecule has 0 spiro atoms. The predicted octanol–water partition coefficient (Wildman–Crippen LogP) is 4.26. The first-order valence-corrected chi connectivity index (χ1v) is 10.8. The van der Waals surface area contributed by atoms with E-state index in [0.717, 1.165) is 17.8 Å². The first-order valence-electron chi connectivity index (χ1n) is 9.80. The lowest BCUT2D eigenvalue weighted by atomic mass is 10.2. The third kappa shape index (κ3) is 5.48. The summed E-state index contributed by atoms with van der Waals surface area (Å²) in [6.07, 6.45) is 0.758. The molecule has 0 fully saturated rings. The van der Waals surface area contributed by atoms with Gasteiger partial charge in [0.1, 0.15) is 0 Å². The second-order valence-corrected chi connectivity index (χ2v) is 7.41. The predicted molar refractivity (Wildman–Crippen MR) is 118 cm³/mol. The van der Waals surface area contributed by atoms with Gasteiger partial charge < -0.3 is 14.6 Å². The van der Waals surface area contributed by atoms with Gasteiger partial charge in [0.2, 0.25) is 5.91 Å². The highest BCUT2D eigenvalue weighted by Crippen LogP contribution is 2.24. The van der Waals surface area contributed by atoms with Gasteiger partial charge in [-0.15, -0.1) is 10.2 Å². The number of carbonyl (C=O) groups excluding carboxylic acids is 2. The Hall–Kier alpha value is -3.13. The van der Waals surface area contributed by atoms with Crippen LogP contribution in [-0.2, 0) is 16.1 Å². The summed E-state index contributed by atoms with van der Waals surface area (Å²) in [6, 6.07) is 16.6. The smallest absolute Gasteiger partial charge is 0.338 e. The van der Waals surface area contributed by atoms with Crippen molar-refractivity contribution in [1.82, 2.24) is 14.8 Å². The lowest BCUT2D eigenvalue weighted by molar-refractivity contribution is -0.113. The maximum Gasteiger partial charge on any atom is 0.338 e. The second kappa shape index (κ2) is 10.6. The third-order valence-corrected chi connectivity index (χ3v) is 5.18. The van der Waals surface area contributed by atoms with Gasteiger partial charge in [0.05, 0.1) is 17.9 Å². The van der Waals surface area contributed by atoms with E-state index in [2.05, 4.69) is 15.5 Å². The number of hydrogen-bond donors (Lipinski definition) is 1. The largest absolute Gasteiger partial charge is 0.462 e. The average Bonchev–Trinajstić information content (AvgIpc) is 3.19. The normalized spacial score (nSPS) is 10.6. The van der Waals surface area contributed by atoms with Crippen molar-refractivity contribution in [1.29, 1.82) is 0 Å². The fourth-order valence-corrected chi connectivity index (χ4v) is 3.61. The van der Waals surface area contributed by atoms with Crippen LogP contribution in [0.4, 0.5) is 5.69 Å². The van der Waals surface area contributed by atoms with Gasteiger partial charge in [-0.25, -0.2) is 4.79 Å². The van der Waals surface area contributed by atoms with Gasteiger partial charge in [0.25, 0.3) is 0 Å². The number of aromatic nitrogens is 3. The number of nitrogens with one attached hydrogen (secondary N) is 1. The molecule has 3 aromatic rings. The highest BCUT2D eigenvalue weighted by molar-refractivity contribution is 7.99. The fraction of sp³-hybridized carbons (Fsp3) is 0.273. The summed E-state index contributed by atoms with van der Waals surface area (Å²) in [7, 11) is 0. The number of rotatable bonds is 9. The van der Waals surface area contributed by atoms with Gasteiger partial charge in [-0.2, -0.15) is 0 Å². The summed E-state index contributed by atoms with van der Waals surface area (Å²) in [5.74, 6) is 0.370. The number of benzene rings is 2. The van der Waals surface area contributed by atoms with Crippen LogP contribution in [0.2, 0.25) is 0 Å². The van der Waals surface area contributed by atoms with Crippen molar-refractivity contribution in [3.8, 4) is 11.4 Å². The Morgan fingerprint density at radius 3 is 2.60 bits per heavy atom. The van der Waals surface area contributed by atoms with E-state index in [1.54, 1.807) is 24.3 Å². The Morgan fingerprint density at radius 2 is 1.87 bits per heavy atom. The Morgan fingerprint density at radius 1 is 1.07 bits per heavy atom. The van der Waals surface area contributed by atoms with Crippen molar-refractivity contribution >= 4 is 29.3 Å². The first kappa shape index (κ1) is 21.6. The number of carbonyl (C=O) groups is 2. The zero-order valence-electron chi connectivity index (χ0n) is 17.0. The Kier molecular flexibility index (Phi) is 7.62. The zero-order valence-corrected chi connectivity index (χ0v) is 17.8. The van der Waals surface area contributed by atoms with Crippen LogP contribution in [0.1, 0.15) is 30.6 Å². The van der Waals surface area contributed by atoms with Gasteiger partial charge in [0, 0.05) is 17.8 Å². The molecule has 2 aromatic carbocycles. The molecule has 1 aromatic heterocycles. The molecule has 1 amide bonds. The molecule has 0 bridgehead atoms. The maximum absolute atomic E-state index is 12.4. The summed E-state index contributed by atoms with van der Waals surface area (Å²) in [5.41, 5.74) is 1.94. The number of amides is 1. The lowest BCUT2D eigenvalue weighted by Gasteiger charge is -2.09. The number of esters is 1. The van der Waals surface area contributed by atoms with E-state index in [-0.39, 0.29) is 11.7 Å². The monoisotopic (exact) mass is 424 g/mol. The number of thioether (sulfide) groups is 1. The van der Waals surface area contributed by atoms with E-state index in [9.17, 15) is 9.59 Å². The molecular formula is C22H24N4O3S. The van der Waals surface area contributed by atoms with Crippen LogP contribution in [0.5, 0.6) is 0 Å². The van der Waals surface area contributed by atoms with E-state index in [4.69, 9.17) is 4.74 Å². The zero-order chi connectivity index (χ0) is 21.3. The topological polar surface area (TPSA) is 86.1 Å². The summed E-state index contributed by atoms with van der Waals surface area (Å²) in [4.78, 5) is 24.4. The van der Waals surface area contributed by atoms with Gasteiger partial charge >= 0.3 is 5.97 Å². The molecule has 0 saturated carbocycles. The van der Waals surface area contributed by atoms with Crippen molar-refractivity contribution < 1.29 is 14.3 Å². The SMILES string of the molecule is CCCOC(=O)c1cccc(NC(=O)CSc2nnc(-c3ccccc3)n2CC)c1. The quantitative estimate of drug-likeness (QED) is 0.408. The van der Waals surface area contributed by atoms with Crippen LogP contribution in [0.25, 0.3) is 11.4 Å². The Bertz CT molecular complexity index is 1000. The van der Waals surface area contributed by atoms with Crippen LogP contribution >= 0.6 is 11.8 Å². The number of ether oxygens (including phenoxy) is 1. The van der Waals surface area contributed by atoms with Crippen LogP contribution in [-0.4, -0.2) is 39.0 Å². The maximum atomic E-state index is 12.4. The van der Waals surface area contributed by atoms with Crippen molar-refractivity contribution in [2.45, 2.75) is 32.0 Å². The molecule has 0 radical (unpaired) electrons. The molecule has 0 unspecified atom stereocenters. The molecule has 0 atom stereocenters. The molecule has 7 nitrogen and oxygen atoms in total. The summed E-state index contributed by atoms with van der Waals surface area (Å²) in [6.45, 7) is 5.02. The van der Waals surface area contributed by atoms with Crippen LogP contribution in [0.3, 0.4) is 0 Å². The Balaban J connectivity index is 1.62. The lowest BCUT2D eigenvalue weighted by Crippen LogP contribution is -2.15. The molecular weight excluding hydrogens is 400 g/mol. The highest BCUT2D eigenvalue weighted by Gasteiger charge is 2.15. The van der Waals surface area contributed by atoms with E-state index in [1.807, 2.05) is 48.7 Å². The molecule has 156 valence electrons. The summed E-state index contributed by atoms with van der Waals surface area (Å²) in [5, 5.41) is 12.0. The second-order valence-electron chi connectivity index (χ2n) is 6.47. The van der Waals surface area contributed by atoms with Crippen LogP contribution < -0.4 is 5.32 Å². The van der Waals surface area contributed by atoms with Crippen molar-refractivity contribution in [2.75, 3.05) is 17.7 Å². The summed E-state index contributed by atoms with van der Waals surface area (Å²) >= 11 is 1.32. The molecule has 30 heavy (non-hydrogen) atoms. The minimum absolute atomic E-state index is 0.178. The minimum atomic E-state index is -0.396.